The predicted molar refractivity (Wildman–Crippen MR) is 139 cm³/mol. The number of halogens is 3. The van der Waals surface area contributed by atoms with Crippen molar-refractivity contribution in [1.82, 2.24) is 24.0 Å². The molecule has 1 N–H and O–H groups in total. The molecule has 1 aliphatic heterocycles. The molecule has 8 nitrogen and oxygen atoms in total. The zero-order valence-corrected chi connectivity index (χ0v) is 22.1. The summed E-state index contributed by atoms with van der Waals surface area (Å²) < 4.78 is 42.5. The molecule has 1 aliphatic carbocycles. The molecule has 1 saturated carbocycles. The number of aliphatic hydroxyl groups is 1. The van der Waals surface area contributed by atoms with Gasteiger partial charge in [0.25, 0.3) is 0 Å². The van der Waals surface area contributed by atoms with Gasteiger partial charge in [-0.1, -0.05) is 31.9 Å². The van der Waals surface area contributed by atoms with Gasteiger partial charge in [0.05, 0.1) is 24.0 Å². The van der Waals surface area contributed by atoms with Crippen molar-refractivity contribution in [2.75, 3.05) is 24.5 Å². The van der Waals surface area contributed by atoms with E-state index in [9.17, 15) is 23.1 Å². The topological polar surface area (TPSA) is 79.4 Å². The molecule has 206 valence electrons. The van der Waals surface area contributed by atoms with E-state index in [1.807, 2.05) is 11.5 Å². The molecule has 5 rings (SSSR count). The van der Waals surface area contributed by atoms with Crippen LogP contribution in [-0.2, 0) is 19.8 Å². The second kappa shape index (κ2) is 10.00. The number of aryl methyl sites for hydroxylation is 1. The van der Waals surface area contributed by atoms with E-state index in [-0.39, 0.29) is 17.8 Å². The second-order valence-electron chi connectivity index (χ2n) is 10.8. The van der Waals surface area contributed by atoms with Crippen molar-refractivity contribution < 1.29 is 18.3 Å². The van der Waals surface area contributed by atoms with E-state index >= 15 is 0 Å². The molecule has 3 heterocycles. The lowest BCUT2D eigenvalue weighted by atomic mass is 9.99. The van der Waals surface area contributed by atoms with Crippen LogP contribution in [0, 0.1) is 0 Å². The normalized spacial score (nSPS) is 21.3. The van der Waals surface area contributed by atoms with Crippen LogP contribution >= 0.6 is 0 Å². The van der Waals surface area contributed by atoms with Gasteiger partial charge in [0.15, 0.2) is 5.82 Å². The molecule has 2 aliphatic rings. The van der Waals surface area contributed by atoms with Crippen molar-refractivity contribution in [3.05, 3.63) is 52.2 Å². The predicted octanol–water partition coefficient (Wildman–Crippen LogP) is 4.12. The van der Waals surface area contributed by atoms with Crippen LogP contribution in [0.15, 0.2) is 35.4 Å². The summed E-state index contributed by atoms with van der Waals surface area (Å²) in [5, 5.41) is 11.0. The number of piperazine rings is 1. The molecule has 0 amide bonds. The van der Waals surface area contributed by atoms with Gasteiger partial charge in [0.2, 0.25) is 0 Å². The Balaban J connectivity index is 1.39. The summed E-state index contributed by atoms with van der Waals surface area (Å²) in [4.78, 5) is 26.3. The molecule has 38 heavy (non-hydrogen) atoms. The SMILES string of the molecule is CCC(c1ccc(C(F)(F)F)cc1)N1CCN(c2nc(=O)n(C)c3c2ncn3CC2(O)CCCC2)C(C)C1. The molecule has 2 atom stereocenters. The number of rotatable bonds is 6. The third-order valence-corrected chi connectivity index (χ3v) is 8.21. The summed E-state index contributed by atoms with van der Waals surface area (Å²) in [7, 11) is 1.68. The Morgan fingerprint density at radius 2 is 1.84 bits per heavy atom. The van der Waals surface area contributed by atoms with Crippen LogP contribution in [-0.4, -0.2) is 60.4 Å². The van der Waals surface area contributed by atoms with Gasteiger partial charge in [0.1, 0.15) is 11.2 Å². The maximum absolute atomic E-state index is 13.0. The highest BCUT2D eigenvalue weighted by molar-refractivity contribution is 5.84. The Kier molecular flexibility index (Phi) is 7.02. The van der Waals surface area contributed by atoms with Crippen molar-refractivity contribution >= 4 is 17.0 Å². The lowest BCUT2D eigenvalue weighted by Gasteiger charge is -2.43. The van der Waals surface area contributed by atoms with E-state index < -0.39 is 17.3 Å². The number of aromatic nitrogens is 4. The van der Waals surface area contributed by atoms with Crippen LogP contribution in [0.1, 0.15) is 63.1 Å². The number of nitrogens with zero attached hydrogens (tertiary/aromatic N) is 6. The van der Waals surface area contributed by atoms with E-state index in [1.54, 1.807) is 25.5 Å². The summed E-state index contributed by atoms with van der Waals surface area (Å²) in [6, 6.07) is 5.44. The number of imidazole rings is 1. The monoisotopic (exact) mass is 532 g/mol. The minimum absolute atomic E-state index is 0.000722. The van der Waals surface area contributed by atoms with Gasteiger partial charge in [-0.2, -0.15) is 18.2 Å². The first kappa shape index (κ1) is 26.7. The molecule has 1 saturated heterocycles. The molecule has 0 spiro atoms. The summed E-state index contributed by atoms with van der Waals surface area (Å²) in [6.07, 6.45) is 1.53. The smallest absolute Gasteiger partial charge is 0.388 e. The Hall–Kier alpha value is -2.92. The summed E-state index contributed by atoms with van der Waals surface area (Å²) in [5.74, 6) is 0.537. The average molecular weight is 533 g/mol. The number of hydrogen-bond acceptors (Lipinski definition) is 6. The molecule has 11 heteroatoms. The first-order valence-electron chi connectivity index (χ1n) is 13.3. The quantitative estimate of drug-likeness (QED) is 0.515. The molecule has 2 aromatic heterocycles. The Labute approximate surface area is 219 Å². The minimum atomic E-state index is -4.35. The van der Waals surface area contributed by atoms with E-state index in [1.165, 1.54) is 4.57 Å². The highest BCUT2D eigenvalue weighted by Crippen LogP contribution is 2.35. The molecule has 0 radical (unpaired) electrons. The van der Waals surface area contributed by atoms with Crippen molar-refractivity contribution in [1.29, 1.82) is 0 Å². The van der Waals surface area contributed by atoms with E-state index in [4.69, 9.17) is 0 Å². The Morgan fingerprint density at radius 3 is 2.45 bits per heavy atom. The van der Waals surface area contributed by atoms with E-state index in [0.717, 1.165) is 49.8 Å². The molecule has 2 fully saturated rings. The number of alkyl halides is 3. The van der Waals surface area contributed by atoms with Gasteiger partial charge in [-0.05, 0) is 43.9 Å². The Bertz CT molecular complexity index is 1340. The maximum atomic E-state index is 13.0. The van der Waals surface area contributed by atoms with Gasteiger partial charge < -0.3 is 14.6 Å². The van der Waals surface area contributed by atoms with Gasteiger partial charge in [-0.15, -0.1) is 0 Å². The molecular formula is C27H35F3N6O2. The van der Waals surface area contributed by atoms with Gasteiger partial charge in [-0.3, -0.25) is 9.47 Å². The first-order valence-corrected chi connectivity index (χ1v) is 13.3. The number of benzene rings is 1. The van der Waals surface area contributed by atoms with Crippen LogP contribution in [0.4, 0.5) is 19.0 Å². The van der Waals surface area contributed by atoms with Gasteiger partial charge in [-0.25, -0.2) is 9.78 Å². The van der Waals surface area contributed by atoms with Crippen molar-refractivity contribution in [3.8, 4) is 0 Å². The molecule has 1 aromatic carbocycles. The fourth-order valence-corrected chi connectivity index (χ4v) is 6.20. The highest BCUT2D eigenvalue weighted by atomic mass is 19.4. The van der Waals surface area contributed by atoms with Gasteiger partial charge in [0, 0.05) is 38.8 Å². The minimum Gasteiger partial charge on any atom is -0.388 e. The van der Waals surface area contributed by atoms with Gasteiger partial charge >= 0.3 is 11.9 Å². The molecule has 2 unspecified atom stereocenters. The standard InChI is InChI=1S/C27H35F3N6O2/c1-4-21(19-7-9-20(10-8-19)27(28,29)30)34-13-14-36(18(2)15-34)23-22-24(33(3)25(37)32-23)35(17-31-22)16-26(38)11-5-6-12-26/h7-10,17-18,21,38H,4-6,11-16H2,1-3H3. The van der Waals surface area contributed by atoms with E-state index in [0.29, 0.717) is 43.2 Å². The third kappa shape index (κ3) is 4.93. The van der Waals surface area contributed by atoms with Crippen LogP contribution in [0.2, 0.25) is 0 Å². The number of fused-ring (bicyclic) bond motifs is 1. The fourth-order valence-electron chi connectivity index (χ4n) is 6.20. The number of anilines is 1. The number of hydrogen-bond donors (Lipinski definition) is 1. The lowest BCUT2D eigenvalue weighted by Crippen LogP contribution is -2.53. The van der Waals surface area contributed by atoms with Crippen molar-refractivity contribution in [2.24, 2.45) is 7.05 Å². The molecule has 0 bridgehead atoms. The first-order chi connectivity index (χ1) is 18.0. The van der Waals surface area contributed by atoms with Crippen LogP contribution in [0.25, 0.3) is 11.2 Å². The summed E-state index contributed by atoms with van der Waals surface area (Å²) in [6.45, 7) is 6.42. The lowest BCUT2D eigenvalue weighted by molar-refractivity contribution is -0.137. The largest absolute Gasteiger partial charge is 0.416 e. The molecule has 3 aromatic rings. The van der Waals surface area contributed by atoms with Crippen molar-refractivity contribution in [3.63, 3.8) is 0 Å². The second-order valence-corrected chi connectivity index (χ2v) is 10.8. The zero-order valence-electron chi connectivity index (χ0n) is 22.1. The van der Waals surface area contributed by atoms with Crippen LogP contribution in [0.3, 0.4) is 0 Å². The highest BCUT2D eigenvalue weighted by Gasteiger charge is 2.35. The van der Waals surface area contributed by atoms with E-state index in [2.05, 4.69) is 26.7 Å². The fraction of sp³-hybridized carbons (Fsp3) is 0.593. The third-order valence-electron chi connectivity index (χ3n) is 8.21. The van der Waals surface area contributed by atoms with Crippen LogP contribution in [0.5, 0.6) is 0 Å². The zero-order chi connectivity index (χ0) is 27.2. The van der Waals surface area contributed by atoms with Crippen LogP contribution < -0.4 is 10.6 Å². The summed E-state index contributed by atoms with van der Waals surface area (Å²) in [5.41, 5.74) is 0.321. The van der Waals surface area contributed by atoms with Crippen molar-refractivity contribution in [2.45, 2.75) is 76.4 Å². The Morgan fingerprint density at radius 1 is 1.16 bits per heavy atom. The maximum Gasteiger partial charge on any atom is 0.416 e. The molecular weight excluding hydrogens is 497 g/mol. The summed E-state index contributed by atoms with van der Waals surface area (Å²) >= 11 is 0. The average Bonchev–Trinajstić information content (AvgIpc) is 3.49.